The van der Waals surface area contributed by atoms with Gasteiger partial charge in [0.25, 0.3) is 0 Å². The Morgan fingerprint density at radius 1 is 1.32 bits per heavy atom. The molecule has 0 bridgehead atoms. The molecule has 110 valence electrons. The SMILES string of the molecule is CCOC(=O)C1CCN(C(=O)CCNC(C)C)CC1. The topological polar surface area (TPSA) is 58.6 Å². The maximum atomic E-state index is 12.0. The number of likely N-dealkylation sites (tertiary alicyclic amines) is 1. The third-order valence-corrected chi connectivity index (χ3v) is 3.36. The van der Waals surface area contributed by atoms with E-state index in [4.69, 9.17) is 4.74 Å². The van der Waals surface area contributed by atoms with Crippen molar-refractivity contribution in [2.45, 2.75) is 46.1 Å². The molecule has 0 spiro atoms. The zero-order valence-electron chi connectivity index (χ0n) is 12.3. The fourth-order valence-corrected chi connectivity index (χ4v) is 2.25. The van der Waals surface area contributed by atoms with Gasteiger partial charge in [-0.3, -0.25) is 9.59 Å². The number of hydrogen-bond acceptors (Lipinski definition) is 4. The molecule has 1 heterocycles. The molecule has 5 heteroatoms. The molecule has 0 radical (unpaired) electrons. The Balaban J connectivity index is 2.25. The molecular weight excluding hydrogens is 244 g/mol. The molecule has 1 fully saturated rings. The fourth-order valence-electron chi connectivity index (χ4n) is 2.25. The summed E-state index contributed by atoms with van der Waals surface area (Å²) in [7, 11) is 0. The Morgan fingerprint density at radius 3 is 2.47 bits per heavy atom. The lowest BCUT2D eigenvalue weighted by atomic mass is 9.97. The van der Waals surface area contributed by atoms with E-state index in [1.54, 1.807) is 0 Å². The van der Waals surface area contributed by atoms with Crippen LogP contribution in [0.3, 0.4) is 0 Å². The molecule has 0 aromatic heterocycles. The van der Waals surface area contributed by atoms with Crippen LogP contribution < -0.4 is 5.32 Å². The normalized spacial score (nSPS) is 16.7. The molecule has 0 aliphatic carbocycles. The number of amides is 1. The lowest BCUT2D eigenvalue weighted by Crippen LogP contribution is -2.41. The molecule has 0 aromatic carbocycles. The Kier molecular flexibility index (Phi) is 6.84. The van der Waals surface area contributed by atoms with E-state index in [2.05, 4.69) is 19.2 Å². The average Bonchev–Trinajstić information content (AvgIpc) is 2.38. The van der Waals surface area contributed by atoms with Gasteiger partial charge in [0.2, 0.25) is 5.91 Å². The monoisotopic (exact) mass is 270 g/mol. The molecular formula is C14H26N2O3. The van der Waals surface area contributed by atoms with Crippen LogP contribution in [0.1, 0.15) is 40.0 Å². The van der Waals surface area contributed by atoms with Gasteiger partial charge >= 0.3 is 5.97 Å². The van der Waals surface area contributed by atoms with Gasteiger partial charge in [-0.1, -0.05) is 13.8 Å². The van der Waals surface area contributed by atoms with Crippen molar-refractivity contribution < 1.29 is 14.3 Å². The smallest absolute Gasteiger partial charge is 0.309 e. The van der Waals surface area contributed by atoms with E-state index in [9.17, 15) is 9.59 Å². The highest BCUT2D eigenvalue weighted by molar-refractivity contribution is 5.77. The summed E-state index contributed by atoms with van der Waals surface area (Å²) in [5.74, 6) is 0.0318. The first-order chi connectivity index (χ1) is 9.04. The molecule has 5 nitrogen and oxygen atoms in total. The second kappa shape index (κ2) is 8.15. The molecule has 1 N–H and O–H groups in total. The molecule has 1 aliphatic heterocycles. The first kappa shape index (κ1) is 16.0. The van der Waals surface area contributed by atoms with E-state index in [-0.39, 0.29) is 17.8 Å². The van der Waals surface area contributed by atoms with Gasteiger partial charge in [0.15, 0.2) is 0 Å². The van der Waals surface area contributed by atoms with Gasteiger partial charge in [-0.25, -0.2) is 0 Å². The molecule has 0 atom stereocenters. The first-order valence-corrected chi connectivity index (χ1v) is 7.22. The number of nitrogens with zero attached hydrogens (tertiary/aromatic N) is 1. The number of carbonyl (C=O) groups excluding carboxylic acids is 2. The highest BCUT2D eigenvalue weighted by atomic mass is 16.5. The van der Waals surface area contributed by atoms with Crippen molar-refractivity contribution in [3.63, 3.8) is 0 Å². The third kappa shape index (κ3) is 5.59. The van der Waals surface area contributed by atoms with Crippen LogP contribution in [0.4, 0.5) is 0 Å². The van der Waals surface area contributed by atoms with Crippen LogP contribution >= 0.6 is 0 Å². The summed E-state index contributed by atoms with van der Waals surface area (Å²) in [6.07, 6.45) is 1.98. The van der Waals surface area contributed by atoms with Crippen molar-refractivity contribution in [3.8, 4) is 0 Å². The molecule has 0 aromatic rings. The lowest BCUT2D eigenvalue weighted by molar-refractivity contribution is -0.151. The molecule has 1 rings (SSSR count). The summed E-state index contributed by atoms with van der Waals surface area (Å²) < 4.78 is 5.02. The van der Waals surface area contributed by atoms with Crippen molar-refractivity contribution in [2.24, 2.45) is 5.92 Å². The largest absolute Gasteiger partial charge is 0.466 e. The fraction of sp³-hybridized carbons (Fsp3) is 0.857. The minimum absolute atomic E-state index is 0.0298. The Bertz CT molecular complexity index is 297. The van der Waals surface area contributed by atoms with Gasteiger partial charge in [0.05, 0.1) is 12.5 Å². The van der Waals surface area contributed by atoms with Gasteiger partial charge in [-0.15, -0.1) is 0 Å². The second-order valence-corrected chi connectivity index (χ2v) is 5.27. The number of hydrogen-bond donors (Lipinski definition) is 1. The number of carbonyl (C=O) groups is 2. The number of esters is 1. The average molecular weight is 270 g/mol. The zero-order valence-corrected chi connectivity index (χ0v) is 12.3. The number of nitrogens with one attached hydrogen (secondary N) is 1. The highest BCUT2D eigenvalue weighted by Crippen LogP contribution is 2.19. The van der Waals surface area contributed by atoms with Gasteiger partial charge < -0.3 is 15.0 Å². The molecule has 1 amide bonds. The van der Waals surface area contributed by atoms with Crippen LogP contribution in [-0.2, 0) is 14.3 Å². The Labute approximate surface area is 115 Å². The summed E-state index contributed by atoms with van der Waals surface area (Å²) in [5.41, 5.74) is 0. The molecule has 19 heavy (non-hydrogen) atoms. The van der Waals surface area contributed by atoms with Gasteiger partial charge in [0.1, 0.15) is 0 Å². The predicted octanol–water partition coefficient (Wildman–Crippen LogP) is 1.18. The summed E-state index contributed by atoms with van der Waals surface area (Å²) in [4.78, 5) is 25.4. The molecule has 0 saturated carbocycles. The summed E-state index contributed by atoms with van der Waals surface area (Å²) >= 11 is 0. The van der Waals surface area contributed by atoms with E-state index >= 15 is 0 Å². The van der Waals surface area contributed by atoms with Crippen LogP contribution in [0.15, 0.2) is 0 Å². The summed E-state index contributed by atoms with van der Waals surface area (Å²) in [6.45, 7) is 8.43. The zero-order chi connectivity index (χ0) is 14.3. The predicted molar refractivity (Wildman–Crippen MR) is 73.7 cm³/mol. The highest BCUT2D eigenvalue weighted by Gasteiger charge is 2.27. The number of piperidine rings is 1. The van der Waals surface area contributed by atoms with Gasteiger partial charge in [-0.05, 0) is 19.8 Å². The van der Waals surface area contributed by atoms with E-state index in [1.807, 2.05) is 11.8 Å². The third-order valence-electron chi connectivity index (χ3n) is 3.36. The van der Waals surface area contributed by atoms with Crippen LogP contribution in [0.25, 0.3) is 0 Å². The number of ether oxygens (including phenoxy) is 1. The van der Waals surface area contributed by atoms with Gasteiger partial charge in [-0.2, -0.15) is 0 Å². The van der Waals surface area contributed by atoms with Crippen molar-refractivity contribution >= 4 is 11.9 Å². The van der Waals surface area contributed by atoms with E-state index in [0.29, 0.717) is 38.7 Å². The Morgan fingerprint density at radius 2 is 1.95 bits per heavy atom. The van der Waals surface area contributed by atoms with E-state index in [0.717, 1.165) is 12.8 Å². The molecule has 1 saturated heterocycles. The van der Waals surface area contributed by atoms with Crippen LogP contribution in [0, 0.1) is 5.92 Å². The molecule has 0 unspecified atom stereocenters. The van der Waals surface area contributed by atoms with Crippen molar-refractivity contribution in [2.75, 3.05) is 26.2 Å². The summed E-state index contributed by atoms with van der Waals surface area (Å²) in [5, 5.41) is 3.24. The van der Waals surface area contributed by atoms with Crippen molar-refractivity contribution in [1.82, 2.24) is 10.2 Å². The maximum Gasteiger partial charge on any atom is 0.309 e. The second-order valence-electron chi connectivity index (χ2n) is 5.27. The lowest BCUT2D eigenvalue weighted by Gasteiger charge is -2.31. The van der Waals surface area contributed by atoms with Crippen molar-refractivity contribution in [1.29, 1.82) is 0 Å². The van der Waals surface area contributed by atoms with Crippen LogP contribution in [-0.4, -0.2) is 49.1 Å². The minimum atomic E-state index is -0.115. The summed E-state index contributed by atoms with van der Waals surface area (Å²) in [6, 6.07) is 0.405. The quantitative estimate of drug-likeness (QED) is 0.736. The standard InChI is InChI=1S/C14H26N2O3/c1-4-19-14(18)12-6-9-16(10-7-12)13(17)5-8-15-11(2)3/h11-12,15H,4-10H2,1-3H3. The van der Waals surface area contributed by atoms with Crippen molar-refractivity contribution in [3.05, 3.63) is 0 Å². The number of rotatable bonds is 6. The van der Waals surface area contributed by atoms with Gasteiger partial charge in [0, 0.05) is 32.1 Å². The maximum absolute atomic E-state index is 12.0. The molecule has 1 aliphatic rings. The van der Waals surface area contributed by atoms with Crippen LogP contribution in [0.5, 0.6) is 0 Å². The van der Waals surface area contributed by atoms with E-state index < -0.39 is 0 Å². The van der Waals surface area contributed by atoms with Crippen LogP contribution in [0.2, 0.25) is 0 Å². The first-order valence-electron chi connectivity index (χ1n) is 7.22. The van der Waals surface area contributed by atoms with E-state index in [1.165, 1.54) is 0 Å². The Hall–Kier alpha value is -1.10. The minimum Gasteiger partial charge on any atom is -0.466 e.